The molecule has 1 aromatic carbocycles. The van der Waals surface area contributed by atoms with E-state index in [1.54, 1.807) is 11.1 Å². The summed E-state index contributed by atoms with van der Waals surface area (Å²) in [6.45, 7) is 4.51. The zero-order valence-electron chi connectivity index (χ0n) is 13.3. The van der Waals surface area contributed by atoms with Crippen molar-refractivity contribution in [2.75, 3.05) is 26.2 Å². The summed E-state index contributed by atoms with van der Waals surface area (Å²) in [5, 5.41) is 0. The fourth-order valence-electron chi connectivity index (χ4n) is 4.25. The minimum Gasteiger partial charge on any atom is -0.330 e. The lowest BCUT2D eigenvalue weighted by molar-refractivity contribution is 0.140. The molecule has 0 atom stereocenters. The van der Waals surface area contributed by atoms with Crippen LogP contribution in [0.4, 0.5) is 0 Å². The molecule has 0 radical (unpaired) electrons. The molecule has 0 aromatic heterocycles. The van der Waals surface area contributed by atoms with E-state index in [0.717, 1.165) is 6.54 Å². The van der Waals surface area contributed by atoms with Crippen LogP contribution in [0, 0.1) is 5.41 Å². The van der Waals surface area contributed by atoms with Gasteiger partial charge in [0.1, 0.15) is 0 Å². The molecule has 3 rings (SSSR count). The van der Waals surface area contributed by atoms with Crippen LogP contribution in [0.5, 0.6) is 0 Å². The van der Waals surface area contributed by atoms with E-state index in [4.69, 9.17) is 5.73 Å². The van der Waals surface area contributed by atoms with E-state index in [1.165, 1.54) is 71.0 Å². The van der Waals surface area contributed by atoms with E-state index < -0.39 is 0 Å². The lowest BCUT2D eigenvalue weighted by Crippen LogP contribution is -2.43. The SMILES string of the molecule is NCC1(CN2CCc3ccccc3CC2)CCCCCC1. The van der Waals surface area contributed by atoms with Crippen LogP contribution in [0.3, 0.4) is 0 Å². The van der Waals surface area contributed by atoms with Gasteiger partial charge in [-0.05, 0) is 48.8 Å². The Hall–Kier alpha value is -0.860. The average molecular weight is 286 g/mol. The van der Waals surface area contributed by atoms with Crippen LogP contribution < -0.4 is 5.73 Å². The van der Waals surface area contributed by atoms with Gasteiger partial charge in [-0.1, -0.05) is 49.9 Å². The molecule has 1 saturated carbocycles. The van der Waals surface area contributed by atoms with E-state index in [9.17, 15) is 0 Å². The minimum absolute atomic E-state index is 0.396. The van der Waals surface area contributed by atoms with Gasteiger partial charge in [0, 0.05) is 19.6 Å². The van der Waals surface area contributed by atoms with Crippen LogP contribution in [0.25, 0.3) is 0 Å². The van der Waals surface area contributed by atoms with Crippen molar-refractivity contribution in [1.82, 2.24) is 4.90 Å². The Balaban J connectivity index is 1.65. The van der Waals surface area contributed by atoms with E-state index in [1.807, 2.05) is 0 Å². The first-order valence-electron chi connectivity index (χ1n) is 8.81. The van der Waals surface area contributed by atoms with Gasteiger partial charge in [0.2, 0.25) is 0 Å². The molecule has 1 aliphatic carbocycles. The number of hydrogen-bond acceptors (Lipinski definition) is 2. The molecule has 2 heteroatoms. The molecule has 116 valence electrons. The van der Waals surface area contributed by atoms with Gasteiger partial charge in [0.25, 0.3) is 0 Å². The number of fused-ring (bicyclic) bond motifs is 1. The highest BCUT2D eigenvalue weighted by molar-refractivity contribution is 5.28. The van der Waals surface area contributed by atoms with Crippen molar-refractivity contribution in [3.05, 3.63) is 35.4 Å². The van der Waals surface area contributed by atoms with Crippen LogP contribution >= 0.6 is 0 Å². The molecular weight excluding hydrogens is 256 g/mol. The molecule has 0 saturated heterocycles. The second-order valence-corrected chi connectivity index (χ2v) is 7.16. The third-order valence-electron chi connectivity index (χ3n) is 5.67. The minimum atomic E-state index is 0.396. The molecule has 1 heterocycles. The zero-order valence-corrected chi connectivity index (χ0v) is 13.3. The maximum Gasteiger partial charge on any atom is 0.00503 e. The Kier molecular flexibility index (Phi) is 4.97. The molecule has 2 N–H and O–H groups in total. The summed E-state index contributed by atoms with van der Waals surface area (Å²) in [5.74, 6) is 0. The predicted octanol–water partition coefficient (Wildman–Crippen LogP) is 3.39. The second-order valence-electron chi connectivity index (χ2n) is 7.16. The quantitative estimate of drug-likeness (QED) is 0.863. The smallest absolute Gasteiger partial charge is 0.00503 e. The van der Waals surface area contributed by atoms with Gasteiger partial charge < -0.3 is 10.6 Å². The standard InChI is InChI=1S/C19H30N2/c20-15-19(11-5-1-2-6-12-19)16-21-13-9-17-7-3-4-8-18(17)10-14-21/h3-4,7-8H,1-2,5-6,9-16,20H2. The number of rotatable bonds is 3. The summed E-state index contributed by atoms with van der Waals surface area (Å²) < 4.78 is 0. The topological polar surface area (TPSA) is 29.3 Å². The molecule has 21 heavy (non-hydrogen) atoms. The van der Waals surface area contributed by atoms with Gasteiger partial charge >= 0.3 is 0 Å². The Bertz CT molecular complexity index is 420. The van der Waals surface area contributed by atoms with Crippen molar-refractivity contribution in [3.8, 4) is 0 Å². The third-order valence-corrected chi connectivity index (χ3v) is 5.67. The van der Waals surface area contributed by atoms with Gasteiger partial charge in [-0.15, -0.1) is 0 Å². The summed E-state index contributed by atoms with van der Waals surface area (Å²) in [5.41, 5.74) is 9.73. The molecule has 0 spiro atoms. The number of benzene rings is 1. The third kappa shape index (κ3) is 3.67. The first kappa shape index (κ1) is 15.1. The molecule has 2 nitrogen and oxygen atoms in total. The van der Waals surface area contributed by atoms with Crippen molar-refractivity contribution in [2.45, 2.75) is 51.4 Å². The van der Waals surface area contributed by atoms with Crippen molar-refractivity contribution >= 4 is 0 Å². The van der Waals surface area contributed by atoms with Crippen molar-refractivity contribution in [3.63, 3.8) is 0 Å². The normalized spacial score (nSPS) is 23.1. The molecule has 0 amide bonds. The van der Waals surface area contributed by atoms with Gasteiger partial charge in [0.05, 0.1) is 0 Å². The van der Waals surface area contributed by atoms with Gasteiger partial charge in [0.15, 0.2) is 0 Å². The monoisotopic (exact) mass is 286 g/mol. The van der Waals surface area contributed by atoms with Gasteiger partial charge in [-0.3, -0.25) is 0 Å². The van der Waals surface area contributed by atoms with E-state index in [0.29, 0.717) is 5.41 Å². The summed E-state index contributed by atoms with van der Waals surface area (Å²) in [7, 11) is 0. The van der Waals surface area contributed by atoms with E-state index in [2.05, 4.69) is 29.2 Å². The lowest BCUT2D eigenvalue weighted by atomic mass is 9.80. The van der Waals surface area contributed by atoms with E-state index >= 15 is 0 Å². The maximum absolute atomic E-state index is 6.22. The second kappa shape index (κ2) is 6.93. The summed E-state index contributed by atoms with van der Waals surface area (Å²) >= 11 is 0. The summed E-state index contributed by atoms with van der Waals surface area (Å²) in [6.07, 6.45) is 10.7. The van der Waals surface area contributed by atoms with Crippen LogP contribution in [0.1, 0.15) is 49.7 Å². The Labute approximate surface area is 129 Å². The molecule has 2 aliphatic rings. The average Bonchev–Trinajstić information content (AvgIpc) is 2.87. The molecule has 1 aromatic rings. The van der Waals surface area contributed by atoms with Gasteiger partial charge in [-0.2, -0.15) is 0 Å². The molecular formula is C19H30N2. The first-order chi connectivity index (χ1) is 10.3. The summed E-state index contributed by atoms with van der Waals surface area (Å²) in [4.78, 5) is 2.69. The highest BCUT2D eigenvalue weighted by Gasteiger charge is 2.32. The fourth-order valence-corrected chi connectivity index (χ4v) is 4.25. The van der Waals surface area contributed by atoms with Crippen LogP contribution in [-0.2, 0) is 12.8 Å². The van der Waals surface area contributed by atoms with Crippen molar-refractivity contribution in [2.24, 2.45) is 11.1 Å². The molecule has 1 aliphatic heterocycles. The molecule has 1 fully saturated rings. The molecule has 0 unspecified atom stereocenters. The Morgan fingerprint density at radius 1 is 0.905 bits per heavy atom. The van der Waals surface area contributed by atoms with Crippen LogP contribution in [-0.4, -0.2) is 31.1 Å². The Morgan fingerprint density at radius 2 is 1.48 bits per heavy atom. The van der Waals surface area contributed by atoms with Crippen molar-refractivity contribution in [1.29, 1.82) is 0 Å². The number of nitrogens with two attached hydrogens (primary N) is 1. The zero-order chi connectivity index (χ0) is 14.5. The number of hydrogen-bond donors (Lipinski definition) is 1. The highest BCUT2D eigenvalue weighted by atomic mass is 15.1. The molecule has 0 bridgehead atoms. The van der Waals surface area contributed by atoms with Crippen molar-refractivity contribution < 1.29 is 0 Å². The van der Waals surface area contributed by atoms with Gasteiger partial charge in [-0.25, -0.2) is 0 Å². The summed E-state index contributed by atoms with van der Waals surface area (Å²) in [6, 6.07) is 8.98. The Morgan fingerprint density at radius 3 is 2.00 bits per heavy atom. The van der Waals surface area contributed by atoms with Crippen LogP contribution in [0.15, 0.2) is 24.3 Å². The largest absolute Gasteiger partial charge is 0.330 e. The number of nitrogens with zero attached hydrogens (tertiary/aromatic N) is 1. The lowest BCUT2D eigenvalue weighted by Gasteiger charge is -2.37. The predicted molar refractivity (Wildman–Crippen MR) is 89.5 cm³/mol. The first-order valence-corrected chi connectivity index (χ1v) is 8.81. The maximum atomic E-state index is 6.22. The van der Waals surface area contributed by atoms with Crippen LogP contribution in [0.2, 0.25) is 0 Å². The highest BCUT2D eigenvalue weighted by Crippen LogP contribution is 2.35. The van der Waals surface area contributed by atoms with E-state index in [-0.39, 0.29) is 0 Å². The fraction of sp³-hybridized carbons (Fsp3) is 0.684.